The molecular formula is C29H40N2O12Si. The number of β-lactam (4-membered cyclic amide) rings is 1. The van der Waals surface area contributed by atoms with Crippen LogP contribution in [0.25, 0.3) is 0 Å². The van der Waals surface area contributed by atoms with Gasteiger partial charge in [-0.25, -0.2) is 14.4 Å². The summed E-state index contributed by atoms with van der Waals surface area (Å²) in [5.41, 5.74) is -0.550. The number of non-ortho nitro benzene ring substituents is 1. The molecule has 4 atom stereocenters. The number of rotatable bonds is 14. The van der Waals surface area contributed by atoms with Gasteiger partial charge in [-0.1, -0.05) is 41.5 Å². The van der Waals surface area contributed by atoms with Gasteiger partial charge in [-0.3, -0.25) is 29.4 Å². The fraction of sp³-hybridized carbons (Fsp3) is 0.586. The van der Waals surface area contributed by atoms with Crippen molar-refractivity contribution in [2.45, 2.75) is 78.7 Å². The first kappa shape index (κ1) is 36.2. The topological polar surface area (TPSA) is 186 Å². The van der Waals surface area contributed by atoms with Gasteiger partial charge in [-0.2, -0.15) is 0 Å². The van der Waals surface area contributed by atoms with Gasteiger partial charge in [0, 0.05) is 18.1 Å². The molecule has 14 nitrogen and oxygen atoms in total. The highest BCUT2D eigenvalue weighted by Gasteiger charge is 2.58. The Kier molecular flexibility index (Phi) is 12.9. The molecular weight excluding hydrogens is 596 g/mol. The molecule has 0 spiro atoms. The highest BCUT2D eigenvalue weighted by atomic mass is 28.4. The molecule has 1 aliphatic heterocycles. The van der Waals surface area contributed by atoms with Crippen LogP contribution in [0.3, 0.4) is 0 Å². The third kappa shape index (κ3) is 8.56. The van der Waals surface area contributed by atoms with Crippen molar-refractivity contribution in [3.63, 3.8) is 0 Å². The first-order chi connectivity index (χ1) is 20.6. The SMILES string of the molecule is CC[Si](CC)(CC)OC(C)C1C(=O)N(C(=O)C(=O)OC(=O)c2ccc([N+](=O)[O-])cc2)C1[C@@H](C)C(=O)COC(=O)OCC(C)C. The number of nitro groups is 1. The number of imide groups is 1. The third-order valence-corrected chi connectivity index (χ3v) is 12.6. The summed E-state index contributed by atoms with van der Waals surface area (Å²) in [4.78, 5) is 87.4. The summed E-state index contributed by atoms with van der Waals surface area (Å²) in [5, 5.41) is 10.9. The minimum Gasteiger partial charge on any atom is -0.434 e. The minimum absolute atomic E-state index is 0.0389. The lowest BCUT2D eigenvalue weighted by atomic mass is 9.75. The number of ether oxygens (including phenoxy) is 3. The maximum absolute atomic E-state index is 13.4. The van der Waals surface area contributed by atoms with E-state index in [0.29, 0.717) is 4.90 Å². The lowest BCUT2D eigenvalue weighted by molar-refractivity contribution is -0.384. The van der Waals surface area contributed by atoms with Crippen molar-refractivity contribution in [1.29, 1.82) is 0 Å². The first-order valence-corrected chi connectivity index (χ1v) is 17.0. The van der Waals surface area contributed by atoms with Crippen molar-refractivity contribution in [2.75, 3.05) is 13.2 Å². The number of ketones is 1. The average molecular weight is 637 g/mol. The van der Waals surface area contributed by atoms with Crippen LogP contribution in [0.15, 0.2) is 24.3 Å². The molecule has 242 valence electrons. The Morgan fingerprint density at radius 1 is 0.955 bits per heavy atom. The van der Waals surface area contributed by atoms with Crippen molar-refractivity contribution in [1.82, 2.24) is 4.90 Å². The molecule has 3 unspecified atom stereocenters. The highest BCUT2D eigenvalue weighted by Crippen LogP contribution is 2.39. The average Bonchev–Trinajstić information content (AvgIpc) is 2.99. The second-order valence-corrected chi connectivity index (χ2v) is 15.8. The third-order valence-electron chi connectivity index (χ3n) is 7.84. The molecule has 1 fully saturated rings. The van der Waals surface area contributed by atoms with Crippen LogP contribution in [0.1, 0.15) is 58.8 Å². The number of Topliss-reactive ketones (excluding diaryl/α,β-unsaturated/α-hetero) is 1. The number of amides is 2. The Morgan fingerprint density at radius 3 is 2.02 bits per heavy atom. The molecule has 0 radical (unpaired) electrons. The van der Waals surface area contributed by atoms with Crippen molar-refractivity contribution < 1.29 is 52.3 Å². The molecule has 44 heavy (non-hydrogen) atoms. The summed E-state index contributed by atoms with van der Waals surface area (Å²) in [7, 11) is -2.24. The molecule has 0 aliphatic carbocycles. The van der Waals surface area contributed by atoms with Gasteiger partial charge in [-0.15, -0.1) is 0 Å². The molecule has 0 saturated carbocycles. The van der Waals surface area contributed by atoms with Crippen LogP contribution < -0.4 is 0 Å². The Balaban J connectivity index is 2.27. The van der Waals surface area contributed by atoms with Gasteiger partial charge in [0.25, 0.3) is 5.69 Å². The molecule has 1 saturated heterocycles. The van der Waals surface area contributed by atoms with Gasteiger partial charge in [0.1, 0.15) is 0 Å². The zero-order valence-corrected chi connectivity index (χ0v) is 27.0. The number of nitrogens with zero attached hydrogens (tertiary/aromatic N) is 2. The molecule has 1 aromatic carbocycles. The predicted octanol–water partition coefficient (Wildman–Crippen LogP) is 4.06. The number of nitro benzene ring substituents is 1. The Hall–Kier alpha value is -3.98. The van der Waals surface area contributed by atoms with E-state index in [0.717, 1.165) is 42.4 Å². The van der Waals surface area contributed by atoms with Crippen LogP contribution in [0, 0.1) is 27.9 Å². The molecule has 2 rings (SSSR count). The summed E-state index contributed by atoms with van der Waals surface area (Å²) in [5.74, 6) is -7.87. The van der Waals surface area contributed by atoms with E-state index in [9.17, 15) is 38.9 Å². The van der Waals surface area contributed by atoms with Gasteiger partial charge in [0.2, 0.25) is 5.91 Å². The zero-order chi connectivity index (χ0) is 33.4. The normalized spacial score (nSPS) is 17.7. The van der Waals surface area contributed by atoms with Gasteiger partial charge in [-0.05, 0) is 43.1 Å². The van der Waals surface area contributed by atoms with E-state index in [-0.39, 0.29) is 23.8 Å². The quantitative estimate of drug-likeness (QED) is 0.0543. The molecule has 1 heterocycles. The predicted molar refractivity (Wildman–Crippen MR) is 157 cm³/mol. The van der Waals surface area contributed by atoms with Gasteiger partial charge >= 0.3 is 24.0 Å². The summed E-state index contributed by atoms with van der Waals surface area (Å²) in [6.45, 7) is 12.1. The van der Waals surface area contributed by atoms with Crippen LogP contribution in [-0.4, -0.2) is 79.2 Å². The summed E-state index contributed by atoms with van der Waals surface area (Å²) in [6.07, 6.45) is -1.77. The number of hydrogen-bond donors (Lipinski definition) is 0. The Labute approximate surface area is 256 Å². The highest BCUT2D eigenvalue weighted by molar-refractivity contribution is 6.73. The van der Waals surface area contributed by atoms with E-state index >= 15 is 0 Å². The number of likely N-dealkylation sites (tertiary alicyclic amines) is 1. The molecule has 1 aromatic rings. The largest absolute Gasteiger partial charge is 0.508 e. The van der Waals surface area contributed by atoms with Crippen molar-refractivity contribution in [3.8, 4) is 0 Å². The molecule has 0 bridgehead atoms. The number of carbonyl (C=O) groups is 6. The molecule has 0 N–H and O–H groups in total. The number of carbonyl (C=O) groups excluding carboxylic acids is 6. The lowest BCUT2D eigenvalue weighted by Crippen LogP contribution is -2.71. The second kappa shape index (κ2) is 15.7. The summed E-state index contributed by atoms with van der Waals surface area (Å²) < 4.78 is 20.9. The maximum atomic E-state index is 13.4. The van der Waals surface area contributed by atoms with Crippen molar-refractivity contribution >= 4 is 49.7 Å². The van der Waals surface area contributed by atoms with E-state index < -0.39 is 79.5 Å². The van der Waals surface area contributed by atoms with Gasteiger partial charge in [0.05, 0.1) is 35.2 Å². The molecule has 0 aromatic heterocycles. The van der Waals surface area contributed by atoms with E-state index in [4.69, 9.17) is 13.9 Å². The summed E-state index contributed by atoms with van der Waals surface area (Å²) >= 11 is 0. The van der Waals surface area contributed by atoms with E-state index in [1.807, 2.05) is 34.6 Å². The van der Waals surface area contributed by atoms with E-state index in [1.165, 1.54) is 6.92 Å². The maximum Gasteiger partial charge on any atom is 0.508 e. The van der Waals surface area contributed by atoms with Crippen LogP contribution >= 0.6 is 0 Å². The fourth-order valence-electron chi connectivity index (χ4n) is 4.98. The second-order valence-electron chi connectivity index (χ2n) is 11.1. The number of esters is 2. The number of hydrogen-bond acceptors (Lipinski definition) is 12. The van der Waals surface area contributed by atoms with E-state index in [2.05, 4.69) is 4.74 Å². The standard InChI is InChI=1S/C29H40N2O12Si/c1-8-44(9-2,10-3)43-19(7)23-24(18(6)22(32)16-41-29(37)40-15-17(4)5)30(25(23)33)26(34)28(36)42-27(35)20-11-13-21(14-12-20)31(38)39/h11-14,17-19,23-24H,8-10,15-16H2,1-7H3/t18-,19?,23?,24?/m0/s1. The van der Waals surface area contributed by atoms with E-state index in [1.54, 1.807) is 6.92 Å². The summed E-state index contributed by atoms with van der Waals surface area (Å²) in [6, 6.07) is 5.29. The molecule has 2 amide bonds. The van der Waals surface area contributed by atoms with Crippen molar-refractivity contribution in [3.05, 3.63) is 39.9 Å². The number of benzene rings is 1. The monoisotopic (exact) mass is 636 g/mol. The zero-order valence-electron chi connectivity index (χ0n) is 26.0. The Bertz CT molecular complexity index is 1250. The van der Waals surface area contributed by atoms with Gasteiger partial charge < -0.3 is 18.6 Å². The minimum atomic E-state index is -2.24. The van der Waals surface area contributed by atoms with Crippen molar-refractivity contribution in [2.24, 2.45) is 17.8 Å². The fourth-order valence-corrected chi connectivity index (χ4v) is 7.92. The Morgan fingerprint density at radius 2 is 1.52 bits per heavy atom. The molecule has 15 heteroatoms. The van der Waals surface area contributed by atoms with Crippen LogP contribution in [0.2, 0.25) is 18.1 Å². The first-order valence-electron chi connectivity index (χ1n) is 14.5. The van der Waals surface area contributed by atoms with Crippen LogP contribution in [0.5, 0.6) is 0 Å². The van der Waals surface area contributed by atoms with Crippen LogP contribution in [-0.2, 0) is 37.8 Å². The van der Waals surface area contributed by atoms with Gasteiger partial charge in [0.15, 0.2) is 20.7 Å². The smallest absolute Gasteiger partial charge is 0.434 e. The van der Waals surface area contributed by atoms with Crippen LogP contribution in [0.4, 0.5) is 10.5 Å². The lowest BCUT2D eigenvalue weighted by Gasteiger charge is -2.50. The molecule has 1 aliphatic rings.